The summed E-state index contributed by atoms with van der Waals surface area (Å²) >= 11 is 0. The first-order chi connectivity index (χ1) is 16.4. The van der Waals surface area contributed by atoms with Crippen LogP contribution in [0.4, 0.5) is 0 Å². The summed E-state index contributed by atoms with van der Waals surface area (Å²) in [6, 6.07) is 35.4. The van der Waals surface area contributed by atoms with Crippen molar-refractivity contribution in [3.8, 4) is 17.2 Å². The molecular formula is C29H18N4. The number of aromatic nitrogens is 4. The molecule has 7 rings (SSSR count). The van der Waals surface area contributed by atoms with Crippen LogP contribution in [0.5, 0.6) is 0 Å². The minimum Gasteiger partial charge on any atom is -0.292 e. The average Bonchev–Trinajstić information content (AvgIpc) is 3.20. The Bertz CT molecular complexity index is 1820. The molecule has 0 aliphatic carbocycles. The fourth-order valence-corrected chi connectivity index (χ4v) is 4.70. The van der Waals surface area contributed by atoms with Gasteiger partial charge in [0.25, 0.3) is 0 Å². The van der Waals surface area contributed by atoms with Gasteiger partial charge in [0.1, 0.15) is 5.69 Å². The molecule has 0 N–H and O–H groups in total. The predicted molar refractivity (Wildman–Crippen MR) is 135 cm³/mol. The van der Waals surface area contributed by atoms with Crippen LogP contribution in [0.3, 0.4) is 0 Å². The second-order valence-electron chi connectivity index (χ2n) is 8.17. The topological polar surface area (TPSA) is 43.6 Å². The van der Waals surface area contributed by atoms with Crippen LogP contribution >= 0.6 is 0 Å². The first kappa shape index (κ1) is 18.0. The summed E-state index contributed by atoms with van der Waals surface area (Å²) in [5, 5.41) is 4.82. The number of para-hydroxylation sites is 3. The van der Waals surface area contributed by atoms with Crippen molar-refractivity contribution in [3.05, 3.63) is 109 Å². The van der Waals surface area contributed by atoms with Gasteiger partial charge in [-0.15, -0.1) is 0 Å². The van der Waals surface area contributed by atoms with Gasteiger partial charge in [0.05, 0.1) is 27.8 Å². The summed E-state index contributed by atoms with van der Waals surface area (Å²) in [6.07, 6.45) is 1.80. The van der Waals surface area contributed by atoms with Crippen LogP contribution in [0.25, 0.3) is 60.8 Å². The second kappa shape index (κ2) is 6.97. The first-order valence-corrected chi connectivity index (χ1v) is 11.0. The van der Waals surface area contributed by atoms with Crippen molar-refractivity contribution >= 4 is 43.6 Å². The Morgan fingerprint density at radius 2 is 1.24 bits per heavy atom. The smallest absolute Gasteiger partial charge is 0.166 e. The Balaban J connectivity index is 1.68. The van der Waals surface area contributed by atoms with Crippen molar-refractivity contribution in [3.63, 3.8) is 0 Å². The zero-order valence-corrected chi connectivity index (χ0v) is 17.7. The molecule has 4 nitrogen and oxygen atoms in total. The molecule has 0 aliphatic rings. The van der Waals surface area contributed by atoms with Gasteiger partial charge in [0.15, 0.2) is 5.82 Å². The summed E-state index contributed by atoms with van der Waals surface area (Å²) in [6.45, 7) is 0. The van der Waals surface area contributed by atoms with Crippen LogP contribution in [0.1, 0.15) is 0 Å². The highest BCUT2D eigenvalue weighted by Gasteiger charge is 2.19. The van der Waals surface area contributed by atoms with E-state index in [-0.39, 0.29) is 0 Å². The van der Waals surface area contributed by atoms with E-state index in [0.717, 1.165) is 39.3 Å². The van der Waals surface area contributed by atoms with Crippen molar-refractivity contribution in [2.75, 3.05) is 0 Å². The summed E-state index contributed by atoms with van der Waals surface area (Å²) in [7, 11) is 0. The van der Waals surface area contributed by atoms with Crippen LogP contribution in [-0.4, -0.2) is 19.5 Å². The monoisotopic (exact) mass is 422 g/mol. The van der Waals surface area contributed by atoms with Crippen molar-refractivity contribution < 1.29 is 0 Å². The molecule has 3 aromatic heterocycles. The SMILES string of the molecule is c1ccc(-c2nc3ccccc3nc2-n2c3ccccc3c3cc4ccccc4cc32)nc1. The molecule has 3 heterocycles. The van der Waals surface area contributed by atoms with Crippen LogP contribution in [0.15, 0.2) is 109 Å². The highest BCUT2D eigenvalue weighted by molar-refractivity contribution is 6.13. The molecule has 4 heteroatoms. The Morgan fingerprint density at radius 1 is 0.545 bits per heavy atom. The van der Waals surface area contributed by atoms with Gasteiger partial charge in [-0.2, -0.15) is 0 Å². The largest absolute Gasteiger partial charge is 0.292 e. The number of pyridine rings is 1. The number of hydrogen-bond acceptors (Lipinski definition) is 3. The van der Waals surface area contributed by atoms with Crippen LogP contribution in [0.2, 0.25) is 0 Å². The fourth-order valence-electron chi connectivity index (χ4n) is 4.70. The van der Waals surface area contributed by atoms with Gasteiger partial charge in [0.2, 0.25) is 0 Å². The van der Waals surface area contributed by atoms with Gasteiger partial charge in [-0.1, -0.05) is 60.7 Å². The van der Waals surface area contributed by atoms with E-state index in [1.165, 1.54) is 21.5 Å². The maximum Gasteiger partial charge on any atom is 0.166 e. The lowest BCUT2D eigenvalue weighted by Crippen LogP contribution is -2.04. The Labute approximate surface area is 189 Å². The maximum absolute atomic E-state index is 5.13. The molecule has 4 aromatic carbocycles. The van der Waals surface area contributed by atoms with E-state index in [9.17, 15) is 0 Å². The first-order valence-electron chi connectivity index (χ1n) is 11.0. The van der Waals surface area contributed by atoms with Gasteiger partial charge < -0.3 is 0 Å². The van der Waals surface area contributed by atoms with Gasteiger partial charge in [-0.25, -0.2) is 9.97 Å². The summed E-state index contributed by atoms with van der Waals surface area (Å²) < 4.78 is 2.24. The summed E-state index contributed by atoms with van der Waals surface area (Å²) in [5.74, 6) is 0.786. The number of rotatable bonds is 2. The van der Waals surface area contributed by atoms with Crippen LogP contribution < -0.4 is 0 Å². The molecule has 0 fully saturated rings. The normalized spacial score (nSPS) is 11.6. The number of nitrogens with zero attached hydrogens (tertiary/aromatic N) is 4. The Morgan fingerprint density at radius 3 is 2.06 bits per heavy atom. The molecule has 0 saturated carbocycles. The molecule has 0 radical (unpaired) electrons. The van der Waals surface area contributed by atoms with E-state index in [2.05, 4.69) is 70.2 Å². The van der Waals surface area contributed by atoms with Crippen molar-refractivity contribution in [2.45, 2.75) is 0 Å². The van der Waals surface area contributed by atoms with Crippen LogP contribution in [0, 0.1) is 0 Å². The van der Waals surface area contributed by atoms with Gasteiger partial charge >= 0.3 is 0 Å². The van der Waals surface area contributed by atoms with Crippen LogP contribution in [-0.2, 0) is 0 Å². The highest BCUT2D eigenvalue weighted by atomic mass is 15.1. The summed E-state index contributed by atoms with van der Waals surface area (Å²) in [4.78, 5) is 14.8. The van der Waals surface area contributed by atoms with E-state index in [4.69, 9.17) is 9.97 Å². The third kappa shape index (κ3) is 2.74. The highest BCUT2D eigenvalue weighted by Crippen LogP contribution is 2.36. The zero-order valence-electron chi connectivity index (χ0n) is 17.7. The number of fused-ring (bicyclic) bond motifs is 5. The summed E-state index contributed by atoms with van der Waals surface area (Å²) in [5.41, 5.74) is 5.50. The minimum absolute atomic E-state index is 0.769. The standard InChI is InChI=1S/C29H18N4/c1-2-10-20-18-27-22(17-19(20)9-1)21-11-3-6-15-26(21)33(27)29-28(25-14-7-8-16-30-25)31-23-12-4-5-13-24(23)32-29/h1-18H. The van der Waals surface area contributed by atoms with Gasteiger partial charge in [-0.05, 0) is 53.2 Å². The van der Waals surface area contributed by atoms with Crippen molar-refractivity contribution in [2.24, 2.45) is 0 Å². The molecule has 0 aliphatic heterocycles. The predicted octanol–water partition coefficient (Wildman–Crippen LogP) is 6.94. The molecule has 0 unspecified atom stereocenters. The zero-order chi connectivity index (χ0) is 21.8. The van der Waals surface area contributed by atoms with Gasteiger partial charge in [-0.3, -0.25) is 9.55 Å². The molecule has 0 atom stereocenters. The Hall–Kier alpha value is -4.57. The third-order valence-electron chi connectivity index (χ3n) is 6.21. The number of hydrogen-bond donors (Lipinski definition) is 0. The van der Waals surface area contributed by atoms with Gasteiger partial charge in [0, 0.05) is 17.0 Å². The van der Waals surface area contributed by atoms with E-state index in [1.807, 2.05) is 42.5 Å². The molecule has 0 spiro atoms. The molecule has 0 amide bonds. The molecule has 0 bridgehead atoms. The Kier molecular flexibility index (Phi) is 3.81. The van der Waals surface area contributed by atoms with E-state index < -0.39 is 0 Å². The second-order valence-corrected chi connectivity index (χ2v) is 8.17. The van der Waals surface area contributed by atoms with E-state index >= 15 is 0 Å². The van der Waals surface area contributed by atoms with Crippen molar-refractivity contribution in [1.82, 2.24) is 19.5 Å². The fraction of sp³-hybridized carbons (Fsp3) is 0. The molecule has 33 heavy (non-hydrogen) atoms. The van der Waals surface area contributed by atoms with Crippen molar-refractivity contribution in [1.29, 1.82) is 0 Å². The molecular weight excluding hydrogens is 404 g/mol. The lowest BCUT2D eigenvalue weighted by Gasteiger charge is -2.13. The van der Waals surface area contributed by atoms with E-state index in [0.29, 0.717) is 0 Å². The maximum atomic E-state index is 5.13. The van der Waals surface area contributed by atoms with E-state index in [1.54, 1.807) is 6.20 Å². The average molecular weight is 422 g/mol. The number of benzene rings is 4. The quantitative estimate of drug-likeness (QED) is 0.303. The lowest BCUT2D eigenvalue weighted by atomic mass is 10.1. The molecule has 7 aromatic rings. The lowest BCUT2D eigenvalue weighted by molar-refractivity contribution is 1.07. The molecule has 154 valence electrons. The minimum atomic E-state index is 0.769. The third-order valence-corrected chi connectivity index (χ3v) is 6.21. The molecule has 0 saturated heterocycles.